The van der Waals surface area contributed by atoms with E-state index in [2.05, 4.69) is 5.32 Å². The molecule has 2 N–H and O–H groups in total. The van der Waals surface area contributed by atoms with Gasteiger partial charge < -0.3 is 19.9 Å². The van der Waals surface area contributed by atoms with Crippen LogP contribution < -0.4 is 14.8 Å². The quantitative estimate of drug-likeness (QED) is 0.485. The number of hydrogen-bond acceptors (Lipinski definition) is 5. The van der Waals surface area contributed by atoms with Gasteiger partial charge in [-0.3, -0.25) is 0 Å². The van der Waals surface area contributed by atoms with Crippen LogP contribution >= 0.6 is 22.9 Å². The monoisotopic (exact) mass is 389 g/mol. The Hall–Kier alpha value is -2.37. The van der Waals surface area contributed by atoms with Crippen molar-refractivity contribution in [3.63, 3.8) is 0 Å². The van der Waals surface area contributed by atoms with Gasteiger partial charge >= 0.3 is 0 Å². The molecule has 3 rings (SSSR count). The summed E-state index contributed by atoms with van der Waals surface area (Å²) in [5.41, 5.74) is 1.89. The molecule has 1 aromatic heterocycles. The molecule has 26 heavy (non-hydrogen) atoms. The lowest BCUT2D eigenvalue weighted by molar-refractivity contribution is 0.271. The number of thiophene rings is 1. The van der Waals surface area contributed by atoms with E-state index in [1.165, 1.54) is 0 Å². The Kier molecular flexibility index (Phi) is 6.26. The highest BCUT2D eigenvalue weighted by Crippen LogP contribution is 2.37. The highest BCUT2D eigenvalue weighted by molar-refractivity contribution is 7.09. The van der Waals surface area contributed by atoms with Gasteiger partial charge in [-0.1, -0.05) is 17.7 Å². The standard InChI is InChI=1S/C20H20ClNO3S/c1-2-24-19-11-14(12-22-15-5-7-16(23)8-6-15)10-18(21)20(19)25-13-17-4-3-9-26-17/h3-11,22-23H,2,12-13H2,1H3. The summed E-state index contributed by atoms with van der Waals surface area (Å²) in [7, 11) is 0. The maximum atomic E-state index is 9.35. The summed E-state index contributed by atoms with van der Waals surface area (Å²) in [6.45, 7) is 3.50. The van der Waals surface area contributed by atoms with Crippen LogP contribution in [0.1, 0.15) is 17.4 Å². The number of halogens is 1. The summed E-state index contributed by atoms with van der Waals surface area (Å²) >= 11 is 8.09. The fourth-order valence-corrected chi connectivity index (χ4v) is 3.35. The number of benzene rings is 2. The smallest absolute Gasteiger partial charge is 0.180 e. The minimum absolute atomic E-state index is 0.240. The van der Waals surface area contributed by atoms with E-state index in [4.69, 9.17) is 21.1 Å². The van der Waals surface area contributed by atoms with Gasteiger partial charge in [0.05, 0.1) is 11.6 Å². The molecule has 3 aromatic rings. The number of ether oxygens (including phenoxy) is 2. The first-order valence-electron chi connectivity index (χ1n) is 8.29. The number of hydrogen-bond donors (Lipinski definition) is 2. The normalized spacial score (nSPS) is 10.5. The minimum Gasteiger partial charge on any atom is -0.508 e. The molecule has 0 radical (unpaired) electrons. The van der Waals surface area contributed by atoms with Crippen molar-refractivity contribution in [3.05, 3.63) is 69.4 Å². The molecule has 0 bridgehead atoms. The van der Waals surface area contributed by atoms with Crippen LogP contribution in [0, 0.1) is 0 Å². The molecular formula is C20H20ClNO3S. The first-order valence-corrected chi connectivity index (χ1v) is 9.54. The number of phenols is 1. The SMILES string of the molecule is CCOc1cc(CNc2ccc(O)cc2)cc(Cl)c1OCc1cccs1. The van der Waals surface area contributed by atoms with Gasteiger partial charge in [0.2, 0.25) is 0 Å². The molecular weight excluding hydrogens is 370 g/mol. The molecule has 0 spiro atoms. The summed E-state index contributed by atoms with van der Waals surface area (Å²) < 4.78 is 11.6. The first kappa shape index (κ1) is 18.4. The lowest BCUT2D eigenvalue weighted by atomic mass is 10.2. The predicted octanol–water partition coefficient (Wildman–Crippen LogP) is 5.70. The summed E-state index contributed by atoms with van der Waals surface area (Å²) in [6.07, 6.45) is 0. The van der Waals surface area contributed by atoms with Gasteiger partial charge in [0.15, 0.2) is 11.5 Å². The lowest BCUT2D eigenvalue weighted by Crippen LogP contribution is -2.03. The molecule has 0 saturated carbocycles. The Morgan fingerprint density at radius 2 is 1.92 bits per heavy atom. The van der Waals surface area contributed by atoms with Gasteiger partial charge in [-0.05, 0) is 60.3 Å². The fraction of sp³-hybridized carbons (Fsp3) is 0.200. The van der Waals surface area contributed by atoms with Crippen molar-refractivity contribution < 1.29 is 14.6 Å². The summed E-state index contributed by atoms with van der Waals surface area (Å²) in [5.74, 6) is 1.44. The summed E-state index contributed by atoms with van der Waals surface area (Å²) in [6, 6.07) is 14.7. The Morgan fingerprint density at radius 3 is 2.62 bits per heavy atom. The van der Waals surface area contributed by atoms with Gasteiger partial charge in [0, 0.05) is 17.1 Å². The van der Waals surface area contributed by atoms with E-state index in [1.54, 1.807) is 23.5 Å². The Bertz CT molecular complexity index is 835. The second-order valence-electron chi connectivity index (χ2n) is 5.61. The van der Waals surface area contributed by atoms with Crippen LogP contribution in [0.4, 0.5) is 5.69 Å². The molecule has 0 atom stereocenters. The molecule has 0 aliphatic rings. The lowest BCUT2D eigenvalue weighted by Gasteiger charge is -2.15. The van der Waals surface area contributed by atoms with Crippen LogP contribution in [0.25, 0.3) is 0 Å². The van der Waals surface area contributed by atoms with Crippen LogP contribution in [0.15, 0.2) is 53.9 Å². The topological polar surface area (TPSA) is 50.7 Å². The second kappa shape index (κ2) is 8.83. The van der Waals surface area contributed by atoms with E-state index in [0.29, 0.717) is 36.3 Å². The van der Waals surface area contributed by atoms with Gasteiger partial charge in [-0.2, -0.15) is 0 Å². The average molecular weight is 390 g/mol. The predicted molar refractivity (Wildman–Crippen MR) is 107 cm³/mol. The fourth-order valence-electron chi connectivity index (χ4n) is 2.45. The number of aromatic hydroxyl groups is 1. The van der Waals surface area contributed by atoms with Crippen molar-refractivity contribution in [1.82, 2.24) is 0 Å². The third-order valence-corrected chi connectivity index (χ3v) is 4.80. The van der Waals surface area contributed by atoms with Crippen molar-refractivity contribution in [2.24, 2.45) is 0 Å². The van der Waals surface area contributed by atoms with Crippen LogP contribution in [0.5, 0.6) is 17.2 Å². The van der Waals surface area contributed by atoms with Crippen molar-refractivity contribution in [3.8, 4) is 17.2 Å². The average Bonchev–Trinajstić information content (AvgIpc) is 3.14. The molecule has 6 heteroatoms. The van der Waals surface area contributed by atoms with Gasteiger partial charge in [0.1, 0.15) is 12.4 Å². The van der Waals surface area contributed by atoms with Gasteiger partial charge in [0.25, 0.3) is 0 Å². The van der Waals surface area contributed by atoms with Crippen LogP contribution in [-0.4, -0.2) is 11.7 Å². The molecule has 2 aromatic carbocycles. The third-order valence-electron chi connectivity index (χ3n) is 3.67. The zero-order valence-electron chi connectivity index (χ0n) is 14.4. The maximum absolute atomic E-state index is 9.35. The van der Waals surface area contributed by atoms with Crippen molar-refractivity contribution in [1.29, 1.82) is 0 Å². The first-order chi connectivity index (χ1) is 12.7. The van der Waals surface area contributed by atoms with E-state index in [0.717, 1.165) is 16.1 Å². The number of rotatable bonds is 8. The number of nitrogens with one attached hydrogen (secondary N) is 1. The molecule has 0 fully saturated rings. The van der Waals surface area contributed by atoms with Crippen molar-refractivity contribution in [2.45, 2.75) is 20.1 Å². The highest BCUT2D eigenvalue weighted by atomic mass is 35.5. The third kappa shape index (κ3) is 4.84. The van der Waals surface area contributed by atoms with Crippen LogP contribution in [0.3, 0.4) is 0 Å². The molecule has 1 heterocycles. The molecule has 0 saturated heterocycles. The van der Waals surface area contributed by atoms with Crippen LogP contribution in [-0.2, 0) is 13.2 Å². The summed E-state index contributed by atoms with van der Waals surface area (Å²) in [4.78, 5) is 1.13. The minimum atomic E-state index is 0.240. The van der Waals surface area contributed by atoms with Crippen molar-refractivity contribution >= 4 is 28.6 Å². The zero-order chi connectivity index (χ0) is 18.4. The van der Waals surface area contributed by atoms with E-state index < -0.39 is 0 Å². The van der Waals surface area contributed by atoms with Gasteiger partial charge in [-0.15, -0.1) is 11.3 Å². The Morgan fingerprint density at radius 1 is 1.12 bits per heavy atom. The maximum Gasteiger partial charge on any atom is 0.180 e. The van der Waals surface area contributed by atoms with Crippen molar-refractivity contribution in [2.75, 3.05) is 11.9 Å². The number of anilines is 1. The van der Waals surface area contributed by atoms with E-state index in [-0.39, 0.29) is 5.75 Å². The van der Waals surface area contributed by atoms with E-state index in [9.17, 15) is 5.11 Å². The second-order valence-corrected chi connectivity index (χ2v) is 7.05. The van der Waals surface area contributed by atoms with E-state index >= 15 is 0 Å². The van der Waals surface area contributed by atoms with Gasteiger partial charge in [-0.25, -0.2) is 0 Å². The van der Waals surface area contributed by atoms with Crippen LogP contribution in [0.2, 0.25) is 5.02 Å². The Balaban J connectivity index is 1.73. The largest absolute Gasteiger partial charge is 0.508 e. The molecule has 4 nitrogen and oxygen atoms in total. The molecule has 0 aliphatic carbocycles. The number of phenolic OH excluding ortho intramolecular Hbond substituents is 1. The Labute approximate surface area is 162 Å². The molecule has 0 unspecified atom stereocenters. The molecule has 0 aliphatic heterocycles. The molecule has 136 valence electrons. The highest BCUT2D eigenvalue weighted by Gasteiger charge is 2.13. The molecule has 0 amide bonds. The summed E-state index contributed by atoms with van der Waals surface area (Å²) in [5, 5.41) is 15.2. The van der Waals surface area contributed by atoms with E-state index in [1.807, 2.05) is 48.7 Å². The zero-order valence-corrected chi connectivity index (χ0v) is 15.9.